The van der Waals surface area contributed by atoms with Gasteiger partial charge in [-0.1, -0.05) is 0 Å². The average Bonchev–Trinajstić information content (AvgIpc) is 1.30. The molecule has 0 saturated heterocycles. The molecule has 0 aromatic carbocycles. The summed E-state index contributed by atoms with van der Waals surface area (Å²) < 4.78 is 1.07. The van der Waals surface area contributed by atoms with Crippen LogP contribution in [0.25, 0.3) is 0 Å². The molecule has 0 spiro atoms. The first-order valence-corrected chi connectivity index (χ1v) is 3.38. The quantitative estimate of drug-likeness (QED) is 0.369. The van der Waals surface area contributed by atoms with Gasteiger partial charge in [0.25, 0.3) is 0 Å². The van der Waals surface area contributed by atoms with Crippen molar-refractivity contribution < 1.29 is 4.48 Å². The van der Waals surface area contributed by atoms with E-state index in [9.17, 15) is 0 Å². The van der Waals surface area contributed by atoms with Crippen molar-refractivity contribution in [1.29, 1.82) is 0 Å². The highest BCUT2D eigenvalue weighted by Gasteiger charge is 2.01. The molecule has 0 amide bonds. The normalized spacial score (nSPS) is 12.0. The van der Waals surface area contributed by atoms with Gasteiger partial charge in [0.05, 0.1) is 27.7 Å². The highest BCUT2D eigenvalue weighted by molar-refractivity contribution is 7.16. The first-order chi connectivity index (χ1) is 3.06. The van der Waals surface area contributed by atoms with E-state index in [1.54, 1.807) is 0 Å². The smallest absolute Gasteiger partial charge is 0.0815 e. The molecule has 0 bridgehead atoms. The summed E-state index contributed by atoms with van der Waals surface area (Å²) in [5.74, 6) is 0. The number of hydrogen-bond acceptors (Lipinski definition) is 0. The van der Waals surface area contributed by atoms with Gasteiger partial charge in [-0.05, 0) is 0 Å². The summed E-state index contributed by atoms with van der Waals surface area (Å²) >= 11 is 0. The molecule has 0 N–H and O–H groups in total. The molecule has 7 heavy (non-hydrogen) atoms. The van der Waals surface area contributed by atoms with Crippen LogP contribution >= 0.6 is 9.24 Å². The van der Waals surface area contributed by atoms with Gasteiger partial charge in [0.15, 0.2) is 0 Å². The van der Waals surface area contributed by atoms with Crippen LogP contribution in [-0.2, 0) is 0 Å². The Bertz CT molecular complexity index is 46.5. The van der Waals surface area contributed by atoms with Crippen molar-refractivity contribution in [2.24, 2.45) is 0 Å². The number of quaternary nitrogens is 1. The zero-order chi connectivity index (χ0) is 5.91. The van der Waals surface area contributed by atoms with Gasteiger partial charge in [-0.2, -0.15) is 0 Å². The van der Waals surface area contributed by atoms with Crippen molar-refractivity contribution in [2.75, 3.05) is 33.8 Å². The van der Waals surface area contributed by atoms with Gasteiger partial charge in [-0.15, -0.1) is 9.24 Å². The van der Waals surface area contributed by atoms with Gasteiger partial charge >= 0.3 is 0 Å². The highest BCUT2D eigenvalue weighted by Crippen LogP contribution is 1.90. The number of rotatable bonds is 2. The molecule has 0 fully saturated rings. The Labute approximate surface area is 48.5 Å². The molecule has 44 valence electrons. The second-order valence-corrected chi connectivity index (χ2v) is 3.38. The molecular weight excluding hydrogens is 105 g/mol. The van der Waals surface area contributed by atoms with Gasteiger partial charge in [0.1, 0.15) is 0 Å². The Kier molecular flexibility index (Phi) is 2.78. The van der Waals surface area contributed by atoms with Crippen LogP contribution < -0.4 is 0 Å². The maximum Gasteiger partial charge on any atom is 0.0815 e. The van der Waals surface area contributed by atoms with E-state index in [4.69, 9.17) is 0 Å². The van der Waals surface area contributed by atoms with Gasteiger partial charge < -0.3 is 4.48 Å². The van der Waals surface area contributed by atoms with Crippen molar-refractivity contribution in [1.82, 2.24) is 0 Å². The lowest BCUT2D eigenvalue weighted by molar-refractivity contribution is -0.867. The Morgan fingerprint density at radius 2 is 1.71 bits per heavy atom. The molecule has 0 aliphatic heterocycles. The molecule has 0 saturated carbocycles. The van der Waals surface area contributed by atoms with Crippen molar-refractivity contribution in [3.05, 3.63) is 0 Å². The molecule has 0 aromatic heterocycles. The third kappa shape index (κ3) is 6.39. The SMILES string of the molecule is C[N+](C)(C)CCP. The number of nitrogens with zero attached hydrogens (tertiary/aromatic N) is 1. The standard InChI is InChI=1S/C5H15NP/c1-6(2,3)4-5-7/h4-5,7H2,1-3H3/q+1. The van der Waals surface area contributed by atoms with Crippen LogP contribution in [0.3, 0.4) is 0 Å². The fraction of sp³-hybridized carbons (Fsp3) is 1.00. The van der Waals surface area contributed by atoms with E-state index in [-0.39, 0.29) is 0 Å². The van der Waals surface area contributed by atoms with E-state index >= 15 is 0 Å². The minimum Gasteiger partial charge on any atom is -0.331 e. The van der Waals surface area contributed by atoms with Crippen LogP contribution in [0.5, 0.6) is 0 Å². The zero-order valence-corrected chi connectivity index (χ0v) is 6.59. The molecule has 1 atom stereocenters. The Hall–Kier alpha value is 0.390. The van der Waals surface area contributed by atoms with Crippen LogP contribution in [0, 0.1) is 0 Å². The lowest BCUT2D eigenvalue weighted by Gasteiger charge is -2.22. The van der Waals surface area contributed by atoms with Crippen LogP contribution in [0.15, 0.2) is 0 Å². The Balaban J connectivity index is 3.15. The van der Waals surface area contributed by atoms with Gasteiger partial charge in [0.2, 0.25) is 0 Å². The average molecular weight is 120 g/mol. The van der Waals surface area contributed by atoms with Gasteiger partial charge in [-0.25, -0.2) is 0 Å². The predicted molar refractivity (Wildman–Crippen MR) is 37.5 cm³/mol. The topological polar surface area (TPSA) is 0 Å². The fourth-order valence-corrected chi connectivity index (χ4v) is 1.16. The first-order valence-electron chi connectivity index (χ1n) is 2.57. The molecule has 2 heteroatoms. The van der Waals surface area contributed by atoms with Gasteiger partial charge in [0, 0.05) is 6.16 Å². The van der Waals surface area contributed by atoms with Crippen LogP contribution in [0.4, 0.5) is 0 Å². The van der Waals surface area contributed by atoms with E-state index in [1.807, 2.05) is 0 Å². The Morgan fingerprint density at radius 1 is 1.29 bits per heavy atom. The van der Waals surface area contributed by atoms with Crippen molar-refractivity contribution in [2.45, 2.75) is 0 Å². The van der Waals surface area contributed by atoms with E-state index < -0.39 is 0 Å². The second kappa shape index (κ2) is 2.64. The third-order valence-corrected chi connectivity index (χ3v) is 1.06. The second-order valence-electron chi connectivity index (χ2n) is 2.80. The summed E-state index contributed by atoms with van der Waals surface area (Å²) in [6.45, 7) is 1.24. The lowest BCUT2D eigenvalue weighted by atomic mass is 10.6. The fourth-order valence-electron chi connectivity index (χ4n) is 0.387. The summed E-state index contributed by atoms with van der Waals surface area (Å²) in [5.41, 5.74) is 0. The van der Waals surface area contributed by atoms with Crippen LogP contribution in [-0.4, -0.2) is 38.3 Å². The molecule has 1 nitrogen and oxygen atoms in total. The maximum atomic E-state index is 2.73. The van der Waals surface area contributed by atoms with Crippen molar-refractivity contribution in [3.63, 3.8) is 0 Å². The highest BCUT2D eigenvalue weighted by atomic mass is 31.0. The van der Waals surface area contributed by atoms with Crippen LogP contribution in [0.1, 0.15) is 0 Å². The third-order valence-electron chi connectivity index (χ3n) is 0.800. The van der Waals surface area contributed by atoms with E-state index in [1.165, 1.54) is 12.7 Å². The summed E-state index contributed by atoms with van der Waals surface area (Å²) in [7, 11) is 9.32. The molecule has 0 rings (SSSR count). The molecule has 0 heterocycles. The summed E-state index contributed by atoms with van der Waals surface area (Å²) in [6.07, 6.45) is 1.20. The Morgan fingerprint density at radius 3 is 1.71 bits per heavy atom. The largest absolute Gasteiger partial charge is 0.331 e. The molecule has 1 unspecified atom stereocenters. The number of hydrogen-bond donors (Lipinski definition) is 0. The van der Waals surface area contributed by atoms with E-state index in [2.05, 4.69) is 30.4 Å². The first kappa shape index (κ1) is 7.39. The summed E-state index contributed by atoms with van der Waals surface area (Å²) in [6, 6.07) is 0. The van der Waals surface area contributed by atoms with E-state index in [0.29, 0.717) is 0 Å². The monoisotopic (exact) mass is 120 g/mol. The van der Waals surface area contributed by atoms with Crippen molar-refractivity contribution in [3.8, 4) is 0 Å². The predicted octanol–water partition coefficient (Wildman–Crippen LogP) is 0.568. The summed E-state index contributed by atoms with van der Waals surface area (Å²) in [5, 5.41) is 0. The van der Waals surface area contributed by atoms with Crippen molar-refractivity contribution >= 4 is 9.24 Å². The molecule has 0 aromatic rings. The molecule has 0 aliphatic carbocycles. The molecule has 0 aliphatic rings. The molecule has 0 radical (unpaired) electrons. The van der Waals surface area contributed by atoms with Gasteiger partial charge in [-0.3, -0.25) is 0 Å². The molecular formula is C5H15NP+. The maximum absolute atomic E-state index is 2.73. The summed E-state index contributed by atoms with van der Waals surface area (Å²) in [4.78, 5) is 0. The van der Waals surface area contributed by atoms with E-state index in [0.717, 1.165) is 4.48 Å². The van der Waals surface area contributed by atoms with Crippen LogP contribution in [0.2, 0.25) is 0 Å². The lowest BCUT2D eigenvalue weighted by Crippen LogP contribution is -2.35. The zero-order valence-electron chi connectivity index (χ0n) is 5.44. The minimum absolute atomic E-state index is 1.07. The minimum atomic E-state index is 1.07.